The molecular weight excluding hydrogens is 305 g/mol. The second kappa shape index (κ2) is 6.19. The first kappa shape index (κ1) is 15.6. The van der Waals surface area contributed by atoms with Crippen molar-refractivity contribution in [2.75, 3.05) is 20.2 Å². The van der Waals surface area contributed by atoms with Crippen LogP contribution in [-0.2, 0) is 23.5 Å². The molecule has 0 amide bonds. The van der Waals surface area contributed by atoms with E-state index in [2.05, 4.69) is 29.2 Å². The molecule has 0 radical (unpaired) electrons. The van der Waals surface area contributed by atoms with E-state index in [0.29, 0.717) is 12.4 Å². The summed E-state index contributed by atoms with van der Waals surface area (Å²) in [5.74, 6) is 0.367. The van der Waals surface area contributed by atoms with E-state index in [4.69, 9.17) is 9.47 Å². The van der Waals surface area contributed by atoms with Crippen LogP contribution in [0.15, 0.2) is 42.5 Å². The van der Waals surface area contributed by atoms with E-state index >= 15 is 0 Å². The summed E-state index contributed by atoms with van der Waals surface area (Å²) < 4.78 is 25.9. The van der Waals surface area contributed by atoms with E-state index in [1.165, 1.54) is 11.6 Å². The number of halogens is 1. The fraction of sp³-hybridized carbons (Fsp3) is 0.400. The van der Waals surface area contributed by atoms with Gasteiger partial charge in [-0.3, -0.25) is 4.90 Å². The zero-order valence-electron chi connectivity index (χ0n) is 13.9. The molecule has 2 aliphatic heterocycles. The minimum atomic E-state index is -0.459. The zero-order valence-corrected chi connectivity index (χ0v) is 13.9. The predicted molar refractivity (Wildman–Crippen MR) is 90.4 cm³/mol. The molecule has 0 atom stereocenters. The molecule has 1 spiro atoms. The molecule has 2 heterocycles. The molecule has 1 saturated heterocycles. The molecule has 0 aliphatic carbocycles. The molecule has 4 rings (SSSR count). The Hall–Kier alpha value is -1.91. The van der Waals surface area contributed by atoms with Gasteiger partial charge in [0.2, 0.25) is 0 Å². The standard InChI is InChI=1S/C20H22FNO2/c1-23-17-11-16-14-24-20(19(16)18(21)12-17)7-9-22(10-8-20)13-15-5-3-2-4-6-15/h2-6,11-12H,7-10,13-14H2,1H3. The second-order valence-electron chi connectivity index (χ2n) is 6.69. The largest absolute Gasteiger partial charge is 0.497 e. The van der Waals surface area contributed by atoms with Gasteiger partial charge in [-0.15, -0.1) is 0 Å². The summed E-state index contributed by atoms with van der Waals surface area (Å²) in [5.41, 5.74) is 2.54. The van der Waals surface area contributed by atoms with E-state index in [1.54, 1.807) is 7.11 Å². The van der Waals surface area contributed by atoms with Crippen LogP contribution in [0.4, 0.5) is 4.39 Å². The van der Waals surface area contributed by atoms with E-state index in [1.807, 2.05) is 12.1 Å². The second-order valence-corrected chi connectivity index (χ2v) is 6.69. The maximum atomic E-state index is 14.6. The van der Waals surface area contributed by atoms with E-state index < -0.39 is 5.60 Å². The number of benzene rings is 2. The third-order valence-corrected chi connectivity index (χ3v) is 5.25. The Morgan fingerprint density at radius 1 is 1.17 bits per heavy atom. The first-order valence-electron chi connectivity index (χ1n) is 8.47. The fourth-order valence-corrected chi connectivity index (χ4v) is 3.97. The molecule has 0 saturated carbocycles. The van der Waals surface area contributed by atoms with Gasteiger partial charge in [-0.25, -0.2) is 4.39 Å². The smallest absolute Gasteiger partial charge is 0.133 e. The molecule has 2 aromatic carbocycles. The number of hydrogen-bond acceptors (Lipinski definition) is 3. The molecule has 126 valence electrons. The summed E-state index contributed by atoms with van der Waals surface area (Å²) in [7, 11) is 1.56. The average molecular weight is 327 g/mol. The Morgan fingerprint density at radius 2 is 1.92 bits per heavy atom. The lowest BCUT2D eigenvalue weighted by molar-refractivity contribution is -0.0813. The maximum Gasteiger partial charge on any atom is 0.133 e. The lowest BCUT2D eigenvalue weighted by Crippen LogP contribution is -2.42. The van der Waals surface area contributed by atoms with Gasteiger partial charge in [0.05, 0.1) is 19.3 Å². The van der Waals surface area contributed by atoms with Crippen molar-refractivity contribution in [2.45, 2.75) is 31.6 Å². The fourth-order valence-electron chi connectivity index (χ4n) is 3.97. The van der Waals surface area contributed by atoms with E-state index in [0.717, 1.165) is 43.6 Å². The van der Waals surface area contributed by atoms with Crippen molar-refractivity contribution < 1.29 is 13.9 Å². The summed E-state index contributed by atoms with van der Waals surface area (Å²) >= 11 is 0. The topological polar surface area (TPSA) is 21.7 Å². The molecule has 2 aliphatic rings. The third-order valence-electron chi connectivity index (χ3n) is 5.25. The Balaban J connectivity index is 1.51. The summed E-state index contributed by atoms with van der Waals surface area (Å²) in [5, 5.41) is 0. The van der Waals surface area contributed by atoms with Crippen LogP contribution in [0.1, 0.15) is 29.5 Å². The van der Waals surface area contributed by atoms with Gasteiger partial charge >= 0.3 is 0 Å². The van der Waals surface area contributed by atoms with Crippen LogP contribution in [-0.4, -0.2) is 25.1 Å². The minimum absolute atomic E-state index is 0.196. The van der Waals surface area contributed by atoms with Gasteiger partial charge in [0.15, 0.2) is 0 Å². The lowest BCUT2D eigenvalue weighted by Gasteiger charge is -2.39. The number of nitrogens with zero attached hydrogens (tertiary/aromatic N) is 1. The highest BCUT2D eigenvalue weighted by Gasteiger charge is 2.44. The van der Waals surface area contributed by atoms with Crippen molar-refractivity contribution in [2.24, 2.45) is 0 Å². The normalized spacial score (nSPS) is 19.4. The molecule has 4 heteroatoms. The maximum absolute atomic E-state index is 14.6. The summed E-state index contributed by atoms with van der Waals surface area (Å²) in [6, 6.07) is 13.9. The highest BCUT2D eigenvalue weighted by Crippen LogP contribution is 2.46. The van der Waals surface area contributed by atoms with Crippen molar-refractivity contribution in [1.82, 2.24) is 4.90 Å². The molecule has 0 aromatic heterocycles. The Kier molecular flexibility index (Phi) is 4.02. The van der Waals surface area contributed by atoms with Crippen LogP contribution < -0.4 is 4.74 Å². The monoisotopic (exact) mass is 327 g/mol. The van der Waals surface area contributed by atoms with Crippen molar-refractivity contribution in [3.05, 3.63) is 65.0 Å². The number of hydrogen-bond donors (Lipinski definition) is 0. The molecule has 2 aromatic rings. The third kappa shape index (κ3) is 2.70. The van der Waals surface area contributed by atoms with Crippen LogP contribution in [0.5, 0.6) is 5.75 Å². The average Bonchev–Trinajstić information content (AvgIpc) is 2.97. The molecule has 24 heavy (non-hydrogen) atoms. The van der Waals surface area contributed by atoms with Crippen LogP contribution in [0.25, 0.3) is 0 Å². The van der Waals surface area contributed by atoms with Gasteiger partial charge in [-0.2, -0.15) is 0 Å². The Labute approximate surface area is 142 Å². The van der Waals surface area contributed by atoms with Gasteiger partial charge in [-0.05, 0) is 30.0 Å². The minimum Gasteiger partial charge on any atom is -0.497 e. The number of fused-ring (bicyclic) bond motifs is 2. The highest BCUT2D eigenvalue weighted by atomic mass is 19.1. The summed E-state index contributed by atoms with van der Waals surface area (Å²) in [4.78, 5) is 2.42. The number of piperidine rings is 1. The van der Waals surface area contributed by atoms with Gasteiger partial charge in [0.1, 0.15) is 11.6 Å². The van der Waals surface area contributed by atoms with Crippen molar-refractivity contribution in [3.8, 4) is 5.75 Å². The molecule has 1 fully saturated rings. The van der Waals surface area contributed by atoms with Crippen LogP contribution in [0, 0.1) is 5.82 Å². The molecule has 0 bridgehead atoms. The van der Waals surface area contributed by atoms with Crippen LogP contribution >= 0.6 is 0 Å². The number of likely N-dealkylation sites (tertiary alicyclic amines) is 1. The van der Waals surface area contributed by atoms with E-state index in [9.17, 15) is 4.39 Å². The lowest BCUT2D eigenvalue weighted by atomic mass is 9.83. The quantitative estimate of drug-likeness (QED) is 0.854. The first-order chi connectivity index (χ1) is 11.7. The van der Waals surface area contributed by atoms with Crippen molar-refractivity contribution in [1.29, 1.82) is 0 Å². The first-order valence-corrected chi connectivity index (χ1v) is 8.47. The van der Waals surface area contributed by atoms with Gasteiger partial charge < -0.3 is 9.47 Å². The van der Waals surface area contributed by atoms with Crippen molar-refractivity contribution in [3.63, 3.8) is 0 Å². The summed E-state index contributed by atoms with van der Waals surface area (Å²) in [6.45, 7) is 3.25. The SMILES string of the molecule is COc1cc(F)c2c(c1)COC21CCN(Cc2ccccc2)CC1. The molecule has 3 nitrogen and oxygen atoms in total. The number of methoxy groups -OCH3 is 1. The highest BCUT2D eigenvalue weighted by molar-refractivity contribution is 5.43. The van der Waals surface area contributed by atoms with Crippen LogP contribution in [0.2, 0.25) is 0 Å². The summed E-state index contributed by atoms with van der Waals surface area (Å²) in [6.07, 6.45) is 1.66. The predicted octanol–water partition coefficient (Wildman–Crippen LogP) is 3.86. The van der Waals surface area contributed by atoms with Crippen molar-refractivity contribution >= 4 is 0 Å². The van der Waals surface area contributed by atoms with Gasteiger partial charge in [0, 0.05) is 31.3 Å². The zero-order chi connectivity index (χ0) is 16.6. The van der Waals surface area contributed by atoms with Crippen LogP contribution in [0.3, 0.4) is 0 Å². The molecular formula is C20H22FNO2. The Bertz CT molecular complexity index is 724. The molecule has 0 N–H and O–H groups in total. The van der Waals surface area contributed by atoms with E-state index in [-0.39, 0.29) is 5.82 Å². The van der Waals surface area contributed by atoms with Gasteiger partial charge in [-0.1, -0.05) is 30.3 Å². The Morgan fingerprint density at radius 3 is 2.62 bits per heavy atom. The number of ether oxygens (including phenoxy) is 2. The van der Waals surface area contributed by atoms with Gasteiger partial charge in [0.25, 0.3) is 0 Å². The molecule has 0 unspecified atom stereocenters. The number of rotatable bonds is 3.